The predicted octanol–water partition coefficient (Wildman–Crippen LogP) is 3.28. The summed E-state index contributed by atoms with van der Waals surface area (Å²) in [6.45, 7) is 6.68. The molecule has 0 radical (unpaired) electrons. The van der Waals surface area contributed by atoms with E-state index in [0.717, 1.165) is 43.9 Å². The van der Waals surface area contributed by atoms with Crippen LogP contribution in [0, 0.1) is 0 Å². The lowest BCUT2D eigenvalue weighted by Crippen LogP contribution is -2.42. The fourth-order valence-electron chi connectivity index (χ4n) is 3.80. The number of rotatable bonds is 6. The molecular formula is C22H24Cl2N4O2S. The summed E-state index contributed by atoms with van der Waals surface area (Å²) in [5, 5.41) is 4.91. The molecule has 1 atom stereocenters. The van der Waals surface area contributed by atoms with Crippen LogP contribution < -0.4 is 10.9 Å². The average Bonchev–Trinajstić information content (AvgIpc) is 2.77. The smallest absolute Gasteiger partial charge is 0.261 e. The van der Waals surface area contributed by atoms with Crippen LogP contribution in [0.4, 0.5) is 0 Å². The van der Waals surface area contributed by atoms with Crippen LogP contribution in [0.5, 0.6) is 0 Å². The first-order chi connectivity index (χ1) is 15.0. The average molecular weight is 479 g/mol. The van der Waals surface area contributed by atoms with E-state index in [-0.39, 0.29) is 12.1 Å². The Morgan fingerprint density at radius 3 is 2.61 bits per heavy atom. The number of benzene rings is 2. The fourth-order valence-corrected chi connectivity index (χ4v) is 5.16. The van der Waals surface area contributed by atoms with Crippen molar-refractivity contribution in [3.05, 3.63) is 68.2 Å². The number of hydrogen-bond donors (Lipinski definition) is 1. The Morgan fingerprint density at radius 2 is 1.87 bits per heavy atom. The van der Waals surface area contributed by atoms with Crippen molar-refractivity contribution in [3.8, 4) is 0 Å². The van der Waals surface area contributed by atoms with Gasteiger partial charge in [0.1, 0.15) is 0 Å². The molecule has 3 aromatic rings. The van der Waals surface area contributed by atoms with Crippen LogP contribution in [-0.2, 0) is 23.9 Å². The lowest BCUT2D eigenvalue weighted by atomic mass is 10.1. The third-order valence-corrected chi connectivity index (χ3v) is 7.47. The van der Waals surface area contributed by atoms with Gasteiger partial charge < -0.3 is 5.32 Å². The molecule has 4 rings (SSSR count). The largest absolute Gasteiger partial charge is 0.314 e. The topological polar surface area (TPSA) is 67.2 Å². The molecule has 0 bridgehead atoms. The molecule has 0 amide bonds. The number of nitrogens with one attached hydrogen (secondary N) is 1. The van der Waals surface area contributed by atoms with Crippen molar-refractivity contribution in [3.63, 3.8) is 0 Å². The molecule has 0 spiro atoms. The Morgan fingerprint density at radius 1 is 1.10 bits per heavy atom. The number of fused-ring (bicyclic) bond motifs is 1. The van der Waals surface area contributed by atoms with Gasteiger partial charge in [-0.1, -0.05) is 30.1 Å². The molecule has 2 heterocycles. The molecule has 2 aromatic carbocycles. The first kappa shape index (κ1) is 22.4. The van der Waals surface area contributed by atoms with Gasteiger partial charge in [0.2, 0.25) is 0 Å². The van der Waals surface area contributed by atoms with Crippen molar-refractivity contribution >= 4 is 44.9 Å². The van der Waals surface area contributed by atoms with E-state index in [1.807, 2.05) is 13.0 Å². The van der Waals surface area contributed by atoms with E-state index in [0.29, 0.717) is 31.6 Å². The summed E-state index contributed by atoms with van der Waals surface area (Å²) < 4.78 is 13.9. The molecule has 164 valence electrons. The van der Waals surface area contributed by atoms with Gasteiger partial charge in [-0.3, -0.25) is 18.5 Å². The van der Waals surface area contributed by atoms with Gasteiger partial charge in [0.15, 0.2) is 0 Å². The maximum atomic E-state index is 13.2. The Labute approximate surface area is 193 Å². The molecule has 1 aromatic heterocycles. The van der Waals surface area contributed by atoms with E-state index in [1.165, 1.54) is 10.9 Å². The van der Waals surface area contributed by atoms with Crippen LogP contribution >= 0.6 is 23.2 Å². The molecule has 1 fully saturated rings. The van der Waals surface area contributed by atoms with Gasteiger partial charge in [0.05, 0.1) is 34.6 Å². The first-order valence-corrected chi connectivity index (χ1v) is 12.3. The zero-order chi connectivity index (χ0) is 22.0. The molecule has 1 saturated heterocycles. The van der Waals surface area contributed by atoms with Gasteiger partial charge in [-0.05, 0) is 41.5 Å². The van der Waals surface area contributed by atoms with E-state index in [9.17, 15) is 9.00 Å². The highest BCUT2D eigenvalue weighted by Crippen LogP contribution is 2.24. The van der Waals surface area contributed by atoms with E-state index in [4.69, 9.17) is 23.2 Å². The van der Waals surface area contributed by atoms with Crippen molar-refractivity contribution in [2.24, 2.45) is 0 Å². The molecule has 1 unspecified atom stereocenters. The second kappa shape index (κ2) is 9.79. The lowest BCUT2D eigenvalue weighted by Gasteiger charge is -2.27. The molecule has 6 nitrogen and oxygen atoms in total. The molecule has 31 heavy (non-hydrogen) atoms. The van der Waals surface area contributed by atoms with E-state index < -0.39 is 10.8 Å². The van der Waals surface area contributed by atoms with Crippen molar-refractivity contribution in [2.75, 3.05) is 31.9 Å². The van der Waals surface area contributed by atoms with Gasteiger partial charge in [-0.25, -0.2) is 4.98 Å². The van der Waals surface area contributed by atoms with Crippen LogP contribution in [0.3, 0.4) is 0 Å². The van der Waals surface area contributed by atoms with Crippen LogP contribution in [0.2, 0.25) is 10.0 Å². The predicted molar refractivity (Wildman–Crippen MR) is 127 cm³/mol. The summed E-state index contributed by atoms with van der Waals surface area (Å²) in [4.78, 5) is 20.7. The Hall–Kier alpha value is -1.77. The standard InChI is InChI=1S/C22H24Cl2N4O2S/c1-2-31(30)21-4-3-17(23)9-16(21)13-28-14-26-20-10-15(12-27-7-5-25-6-8-27)19(24)11-18(20)22(28)29/h3-4,9-11,14,25H,2,5-8,12-13H2,1H3. The normalized spacial score (nSPS) is 16.0. The molecular weight excluding hydrogens is 455 g/mol. The minimum Gasteiger partial charge on any atom is -0.314 e. The summed E-state index contributed by atoms with van der Waals surface area (Å²) in [6, 6.07) is 8.85. The second-order valence-corrected chi connectivity index (χ2v) is 10.1. The number of piperazine rings is 1. The van der Waals surface area contributed by atoms with Crippen LogP contribution in [0.25, 0.3) is 10.9 Å². The van der Waals surface area contributed by atoms with Crippen molar-refractivity contribution in [1.82, 2.24) is 19.8 Å². The van der Waals surface area contributed by atoms with E-state index in [2.05, 4.69) is 15.2 Å². The number of halogens is 2. The maximum Gasteiger partial charge on any atom is 0.261 e. The Kier molecular flexibility index (Phi) is 7.08. The third kappa shape index (κ3) is 5.02. The number of hydrogen-bond acceptors (Lipinski definition) is 5. The molecule has 0 aliphatic carbocycles. The first-order valence-electron chi connectivity index (χ1n) is 10.2. The zero-order valence-corrected chi connectivity index (χ0v) is 19.6. The summed E-state index contributed by atoms with van der Waals surface area (Å²) in [7, 11) is -1.15. The maximum absolute atomic E-state index is 13.2. The minimum absolute atomic E-state index is 0.186. The van der Waals surface area contributed by atoms with E-state index in [1.54, 1.807) is 24.3 Å². The molecule has 1 aliphatic heterocycles. The summed E-state index contributed by atoms with van der Waals surface area (Å²) in [5.41, 5.74) is 2.15. The summed E-state index contributed by atoms with van der Waals surface area (Å²) in [6.07, 6.45) is 1.53. The SMILES string of the molecule is CCS(=O)c1ccc(Cl)cc1Cn1cnc2cc(CN3CCNCC3)c(Cl)cc2c1=O. The van der Waals surface area contributed by atoms with Gasteiger partial charge >= 0.3 is 0 Å². The minimum atomic E-state index is -1.15. The Bertz CT molecular complexity index is 1190. The van der Waals surface area contributed by atoms with Crippen molar-refractivity contribution in [2.45, 2.75) is 24.9 Å². The van der Waals surface area contributed by atoms with Gasteiger partial charge in [0, 0.05) is 53.4 Å². The molecule has 9 heteroatoms. The quantitative estimate of drug-likeness (QED) is 0.588. The monoisotopic (exact) mass is 478 g/mol. The van der Waals surface area contributed by atoms with Crippen molar-refractivity contribution in [1.29, 1.82) is 0 Å². The second-order valence-electron chi connectivity index (χ2n) is 7.55. The van der Waals surface area contributed by atoms with E-state index >= 15 is 0 Å². The van der Waals surface area contributed by atoms with Crippen LogP contribution in [0.15, 0.2) is 46.3 Å². The van der Waals surface area contributed by atoms with Crippen LogP contribution in [0.1, 0.15) is 18.1 Å². The zero-order valence-electron chi connectivity index (χ0n) is 17.2. The molecule has 1 N–H and O–H groups in total. The Balaban J connectivity index is 1.67. The number of aromatic nitrogens is 2. The lowest BCUT2D eigenvalue weighted by molar-refractivity contribution is 0.233. The highest BCUT2D eigenvalue weighted by atomic mass is 35.5. The molecule has 0 saturated carbocycles. The van der Waals surface area contributed by atoms with Crippen LogP contribution in [-0.4, -0.2) is 50.6 Å². The summed E-state index contributed by atoms with van der Waals surface area (Å²) in [5.74, 6) is 0.491. The number of nitrogens with zero attached hydrogens (tertiary/aromatic N) is 3. The fraction of sp³-hybridized carbons (Fsp3) is 0.364. The van der Waals surface area contributed by atoms with Gasteiger partial charge in [-0.2, -0.15) is 0 Å². The molecule has 1 aliphatic rings. The van der Waals surface area contributed by atoms with Crippen molar-refractivity contribution < 1.29 is 4.21 Å². The highest BCUT2D eigenvalue weighted by Gasteiger charge is 2.16. The third-order valence-electron chi connectivity index (χ3n) is 5.47. The van der Waals surface area contributed by atoms with Gasteiger partial charge in [0.25, 0.3) is 5.56 Å². The summed E-state index contributed by atoms with van der Waals surface area (Å²) >= 11 is 12.7. The highest BCUT2D eigenvalue weighted by molar-refractivity contribution is 7.85. The van der Waals surface area contributed by atoms with Gasteiger partial charge in [-0.15, -0.1) is 0 Å².